The Bertz CT molecular complexity index is 752. The van der Waals surface area contributed by atoms with Crippen LogP contribution in [0, 0.1) is 5.82 Å². The molecule has 0 unspecified atom stereocenters. The Morgan fingerprint density at radius 3 is 2.37 bits per heavy atom. The summed E-state index contributed by atoms with van der Waals surface area (Å²) in [6, 6.07) is 10.4. The molecular formula is C21H26FN3O2. The molecule has 2 amide bonds. The lowest BCUT2D eigenvalue weighted by Gasteiger charge is -2.23. The summed E-state index contributed by atoms with van der Waals surface area (Å²) in [4.78, 5) is 31.4. The van der Waals surface area contributed by atoms with Gasteiger partial charge < -0.3 is 9.80 Å². The maximum absolute atomic E-state index is 13.7. The molecule has 0 spiro atoms. The number of benzene rings is 1. The molecule has 0 fully saturated rings. The van der Waals surface area contributed by atoms with Crippen LogP contribution in [-0.4, -0.2) is 53.3 Å². The van der Waals surface area contributed by atoms with Gasteiger partial charge in [-0.3, -0.25) is 14.6 Å². The Labute approximate surface area is 159 Å². The zero-order valence-corrected chi connectivity index (χ0v) is 15.9. The van der Waals surface area contributed by atoms with Crippen LogP contribution in [-0.2, 0) is 22.4 Å². The van der Waals surface area contributed by atoms with E-state index in [9.17, 15) is 14.0 Å². The lowest BCUT2D eigenvalue weighted by atomic mass is 10.1. The third kappa shape index (κ3) is 6.81. The maximum Gasteiger partial charge on any atom is 0.224 e. The van der Waals surface area contributed by atoms with Crippen molar-refractivity contribution in [1.82, 2.24) is 14.8 Å². The molecule has 1 aromatic carbocycles. The molecule has 0 bridgehead atoms. The second kappa shape index (κ2) is 10.4. The fourth-order valence-electron chi connectivity index (χ4n) is 2.78. The average molecular weight is 371 g/mol. The van der Waals surface area contributed by atoms with Gasteiger partial charge in [0.25, 0.3) is 0 Å². The van der Waals surface area contributed by atoms with Gasteiger partial charge in [-0.15, -0.1) is 0 Å². The van der Waals surface area contributed by atoms with E-state index in [0.29, 0.717) is 31.6 Å². The normalized spacial score (nSPS) is 10.5. The second-order valence-corrected chi connectivity index (χ2v) is 6.52. The van der Waals surface area contributed by atoms with Crippen molar-refractivity contribution < 1.29 is 14.0 Å². The molecule has 1 aromatic heterocycles. The standard InChI is InChI=1S/C21H26FN3O2/c1-17(26)25(15-10-19-5-3-4-6-20(19)22)16-11-21(27)24(2)14-9-18-7-12-23-13-8-18/h3-8,12-13H,9-11,14-16H2,1-2H3. The largest absolute Gasteiger partial charge is 0.345 e. The van der Waals surface area contributed by atoms with E-state index < -0.39 is 0 Å². The second-order valence-electron chi connectivity index (χ2n) is 6.52. The van der Waals surface area contributed by atoms with Gasteiger partial charge in [-0.2, -0.15) is 0 Å². The topological polar surface area (TPSA) is 53.5 Å². The predicted molar refractivity (Wildman–Crippen MR) is 103 cm³/mol. The SMILES string of the molecule is CC(=O)N(CCC(=O)N(C)CCc1ccncc1)CCc1ccccc1F. The Balaban J connectivity index is 1.79. The number of carbonyl (C=O) groups is 2. The van der Waals surface area contributed by atoms with E-state index in [4.69, 9.17) is 0 Å². The third-order valence-electron chi connectivity index (χ3n) is 4.56. The number of nitrogens with zero attached hydrogens (tertiary/aromatic N) is 3. The number of halogens is 1. The first-order chi connectivity index (χ1) is 13.0. The Kier molecular flexibility index (Phi) is 7.92. The fourth-order valence-corrected chi connectivity index (χ4v) is 2.78. The van der Waals surface area contributed by atoms with Gasteiger partial charge in [-0.1, -0.05) is 18.2 Å². The Hall–Kier alpha value is -2.76. The van der Waals surface area contributed by atoms with Crippen molar-refractivity contribution in [2.24, 2.45) is 0 Å². The number of hydrogen-bond donors (Lipinski definition) is 0. The highest BCUT2D eigenvalue weighted by Gasteiger charge is 2.14. The minimum Gasteiger partial charge on any atom is -0.345 e. The molecule has 2 aromatic rings. The first kappa shape index (κ1) is 20.6. The highest BCUT2D eigenvalue weighted by Crippen LogP contribution is 2.09. The summed E-state index contributed by atoms with van der Waals surface area (Å²) < 4.78 is 13.7. The molecular weight excluding hydrogens is 345 g/mol. The van der Waals surface area contributed by atoms with Crippen LogP contribution in [0.2, 0.25) is 0 Å². The molecule has 0 aliphatic rings. The Morgan fingerprint density at radius 2 is 1.70 bits per heavy atom. The van der Waals surface area contributed by atoms with Crippen molar-refractivity contribution >= 4 is 11.8 Å². The predicted octanol–water partition coefficient (Wildman–Crippen LogP) is 2.70. The van der Waals surface area contributed by atoms with E-state index in [0.717, 1.165) is 12.0 Å². The van der Waals surface area contributed by atoms with Crippen molar-refractivity contribution in [3.63, 3.8) is 0 Å². The van der Waals surface area contributed by atoms with Gasteiger partial charge in [0.05, 0.1) is 0 Å². The van der Waals surface area contributed by atoms with Gasteiger partial charge in [-0.05, 0) is 42.2 Å². The summed E-state index contributed by atoms with van der Waals surface area (Å²) in [5.74, 6) is -0.396. The van der Waals surface area contributed by atoms with Gasteiger partial charge in [0.2, 0.25) is 11.8 Å². The van der Waals surface area contributed by atoms with Crippen LogP contribution in [0.3, 0.4) is 0 Å². The van der Waals surface area contributed by atoms with Crippen molar-refractivity contribution in [3.8, 4) is 0 Å². The van der Waals surface area contributed by atoms with Gasteiger partial charge in [0.15, 0.2) is 0 Å². The molecule has 0 aliphatic carbocycles. The minimum atomic E-state index is -0.270. The summed E-state index contributed by atoms with van der Waals surface area (Å²) in [7, 11) is 1.76. The molecule has 1 heterocycles. The summed E-state index contributed by atoms with van der Waals surface area (Å²) in [5.41, 5.74) is 1.70. The number of pyridine rings is 1. The molecule has 0 aliphatic heterocycles. The number of likely N-dealkylation sites (N-methyl/N-ethyl adjacent to an activating group) is 1. The monoisotopic (exact) mass is 371 g/mol. The fraction of sp³-hybridized carbons (Fsp3) is 0.381. The van der Waals surface area contributed by atoms with Gasteiger partial charge >= 0.3 is 0 Å². The van der Waals surface area contributed by atoms with Crippen molar-refractivity contribution in [1.29, 1.82) is 0 Å². The van der Waals surface area contributed by atoms with Crippen LogP contribution in [0.25, 0.3) is 0 Å². The number of aromatic nitrogens is 1. The lowest BCUT2D eigenvalue weighted by Crippen LogP contribution is -2.36. The maximum atomic E-state index is 13.7. The third-order valence-corrected chi connectivity index (χ3v) is 4.56. The van der Waals surface area contributed by atoms with E-state index in [-0.39, 0.29) is 24.1 Å². The average Bonchev–Trinajstić information content (AvgIpc) is 2.67. The van der Waals surface area contributed by atoms with E-state index >= 15 is 0 Å². The molecule has 27 heavy (non-hydrogen) atoms. The van der Waals surface area contributed by atoms with Gasteiger partial charge in [-0.25, -0.2) is 4.39 Å². The van der Waals surface area contributed by atoms with E-state index in [1.165, 1.54) is 13.0 Å². The summed E-state index contributed by atoms with van der Waals surface area (Å²) in [5, 5.41) is 0. The lowest BCUT2D eigenvalue weighted by molar-refractivity contribution is -0.132. The molecule has 0 saturated heterocycles. The smallest absolute Gasteiger partial charge is 0.224 e. The first-order valence-electron chi connectivity index (χ1n) is 9.09. The molecule has 0 radical (unpaired) electrons. The van der Waals surface area contributed by atoms with Crippen LogP contribution in [0.5, 0.6) is 0 Å². The van der Waals surface area contributed by atoms with Gasteiger partial charge in [0.1, 0.15) is 5.82 Å². The minimum absolute atomic E-state index is 0.0128. The zero-order chi connectivity index (χ0) is 19.6. The number of amides is 2. The van der Waals surface area contributed by atoms with E-state index in [1.54, 1.807) is 47.4 Å². The number of carbonyl (C=O) groups excluding carboxylic acids is 2. The van der Waals surface area contributed by atoms with E-state index in [2.05, 4.69) is 4.98 Å². The zero-order valence-electron chi connectivity index (χ0n) is 15.9. The molecule has 144 valence electrons. The molecule has 0 saturated carbocycles. The van der Waals surface area contributed by atoms with Crippen LogP contribution in [0.1, 0.15) is 24.5 Å². The first-order valence-corrected chi connectivity index (χ1v) is 9.09. The van der Waals surface area contributed by atoms with Crippen molar-refractivity contribution in [2.75, 3.05) is 26.7 Å². The number of hydrogen-bond acceptors (Lipinski definition) is 3. The molecule has 2 rings (SSSR count). The van der Waals surface area contributed by atoms with Crippen LogP contribution in [0.4, 0.5) is 4.39 Å². The summed E-state index contributed by atoms with van der Waals surface area (Å²) in [6.45, 7) is 2.81. The highest BCUT2D eigenvalue weighted by molar-refractivity contribution is 5.78. The summed E-state index contributed by atoms with van der Waals surface area (Å²) >= 11 is 0. The molecule has 5 nitrogen and oxygen atoms in total. The van der Waals surface area contributed by atoms with Crippen LogP contribution < -0.4 is 0 Å². The van der Waals surface area contributed by atoms with E-state index in [1.807, 2.05) is 12.1 Å². The Morgan fingerprint density at radius 1 is 1.00 bits per heavy atom. The molecule has 0 atom stereocenters. The summed E-state index contributed by atoms with van der Waals surface area (Å²) in [6.07, 6.45) is 4.91. The van der Waals surface area contributed by atoms with Crippen molar-refractivity contribution in [3.05, 3.63) is 65.7 Å². The quantitative estimate of drug-likeness (QED) is 0.681. The van der Waals surface area contributed by atoms with Crippen molar-refractivity contribution in [2.45, 2.75) is 26.2 Å². The molecule has 6 heteroatoms. The number of rotatable bonds is 9. The van der Waals surface area contributed by atoms with Gasteiger partial charge in [0, 0.05) is 52.4 Å². The van der Waals surface area contributed by atoms with Crippen LogP contribution >= 0.6 is 0 Å². The van der Waals surface area contributed by atoms with Crippen LogP contribution in [0.15, 0.2) is 48.8 Å². The molecule has 0 N–H and O–H groups in total. The highest BCUT2D eigenvalue weighted by atomic mass is 19.1.